The van der Waals surface area contributed by atoms with Gasteiger partial charge in [-0.3, -0.25) is 9.99 Å². The van der Waals surface area contributed by atoms with Gasteiger partial charge in [0.2, 0.25) is 0 Å². The van der Waals surface area contributed by atoms with Crippen LogP contribution < -0.4 is 0 Å². The van der Waals surface area contributed by atoms with Gasteiger partial charge in [0.05, 0.1) is 16.9 Å². The second-order valence-electron chi connectivity index (χ2n) is 3.71. The van der Waals surface area contributed by atoms with Crippen molar-refractivity contribution in [2.45, 2.75) is 18.9 Å². The number of nitroso groups, excluding NO2 is 1. The first-order chi connectivity index (χ1) is 7.72. The van der Waals surface area contributed by atoms with Gasteiger partial charge in [0.25, 0.3) is 0 Å². The number of aromatic carboxylic acids is 1. The minimum atomic E-state index is -1.02. The summed E-state index contributed by atoms with van der Waals surface area (Å²) in [5, 5.41) is 13.2. The van der Waals surface area contributed by atoms with Crippen LogP contribution in [-0.4, -0.2) is 27.6 Å². The second-order valence-corrected chi connectivity index (χ2v) is 3.71. The number of hydrogen-bond donors (Lipinski definition) is 1. The van der Waals surface area contributed by atoms with Gasteiger partial charge in [0.1, 0.15) is 0 Å². The highest BCUT2D eigenvalue weighted by molar-refractivity contribution is 5.87. The summed E-state index contributed by atoms with van der Waals surface area (Å²) in [6, 6.07) is 1.41. The molecule has 1 saturated heterocycles. The summed E-state index contributed by atoms with van der Waals surface area (Å²) < 4.78 is 0. The molecule has 0 radical (unpaired) electrons. The van der Waals surface area contributed by atoms with Crippen LogP contribution in [0.25, 0.3) is 0 Å². The van der Waals surface area contributed by atoms with E-state index in [0.717, 1.165) is 18.4 Å². The van der Waals surface area contributed by atoms with Crippen molar-refractivity contribution in [1.82, 2.24) is 9.99 Å². The Morgan fingerprint density at radius 3 is 3.06 bits per heavy atom. The lowest BCUT2D eigenvalue weighted by Crippen LogP contribution is -2.16. The third-order valence-corrected chi connectivity index (χ3v) is 2.72. The number of carboxylic acid groups (broad SMARTS) is 1. The first kappa shape index (κ1) is 10.5. The fraction of sp³-hybridized carbons (Fsp3) is 0.400. The zero-order valence-corrected chi connectivity index (χ0v) is 8.54. The molecule has 6 heteroatoms. The lowest BCUT2D eigenvalue weighted by atomic mass is 10.1. The molecule has 84 valence electrons. The van der Waals surface area contributed by atoms with Crippen molar-refractivity contribution in [1.29, 1.82) is 0 Å². The summed E-state index contributed by atoms with van der Waals surface area (Å²) in [4.78, 5) is 25.2. The first-order valence-corrected chi connectivity index (χ1v) is 5.00. The predicted molar refractivity (Wildman–Crippen MR) is 55.7 cm³/mol. The average Bonchev–Trinajstić information content (AvgIpc) is 2.77. The van der Waals surface area contributed by atoms with E-state index in [1.54, 1.807) is 12.3 Å². The van der Waals surface area contributed by atoms with Crippen LogP contribution in [0.15, 0.2) is 23.7 Å². The van der Waals surface area contributed by atoms with Crippen molar-refractivity contribution in [3.05, 3.63) is 34.5 Å². The van der Waals surface area contributed by atoms with Gasteiger partial charge in [0.15, 0.2) is 0 Å². The molecule has 0 bridgehead atoms. The van der Waals surface area contributed by atoms with E-state index in [1.807, 2.05) is 0 Å². The van der Waals surface area contributed by atoms with Crippen LogP contribution in [-0.2, 0) is 0 Å². The van der Waals surface area contributed by atoms with Crippen LogP contribution in [0.1, 0.15) is 34.8 Å². The molecule has 1 fully saturated rings. The molecule has 1 N–H and O–H groups in total. The molecule has 1 aliphatic heterocycles. The Bertz CT molecular complexity index is 422. The summed E-state index contributed by atoms with van der Waals surface area (Å²) in [6.45, 7) is 0.617. The minimum Gasteiger partial charge on any atom is -0.478 e. The molecular formula is C10H11N3O3. The van der Waals surface area contributed by atoms with Crippen molar-refractivity contribution in [3.8, 4) is 0 Å². The van der Waals surface area contributed by atoms with E-state index in [1.165, 1.54) is 11.2 Å². The molecule has 1 aromatic rings. The Hall–Kier alpha value is -1.98. The topological polar surface area (TPSA) is 82.9 Å². The summed E-state index contributed by atoms with van der Waals surface area (Å²) in [7, 11) is 0. The number of pyridine rings is 1. The van der Waals surface area contributed by atoms with Gasteiger partial charge in [-0.15, -0.1) is 4.91 Å². The van der Waals surface area contributed by atoms with Gasteiger partial charge in [0, 0.05) is 18.9 Å². The van der Waals surface area contributed by atoms with E-state index in [0.29, 0.717) is 6.54 Å². The van der Waals surface area contributed by atoms with Crippen molar-refractivity contribution in [2.75, 3.05) is 6.54 Å². The summed E-state index contributed by atoms with van der Waals surface area (Å²) in [6.07, 6.45) is 4.56. The number of aromatic nitrogens is 1. The smallest absolute Gasteiger partial charge is 0.337 e. The Balaban J connectivity index is 2.29. The van der Waals surface area contributed by atoms with Crippen LogP contribution in [0.3, 0.4) is 0 Å². The normalized spacial score (nSPS) is 19.8. The number of carbonyl (C=O) groups is 1. The molecule has 1 aliphatic rings. The highest BCUT2D eigenvalue weighted by atomic mass is 16.4. The number of carboxylic acids is 1. The predicted octanol–water partition coefficient (Wildman–Crippen LogP) is 1.60. The van der Waals surface area contributed by atoms with Crippen molar-refractivity contribution < 1.29 is 9.90 Å². The van der Waals surface area contributed by atoms with Crippen molar-refractivity contribution in [2.24, 2.45) is 5.29 Å². The molecule has 0 saturated carbocycles. The lowest BCUT2D eigenvalue weighted by Gasteiger charge is -2.17. The van der Waals surface area contributed by atoms with Crippen molar-refractivity contribution in [3.63, 3.8) is 0 Å². The SMILES string of the molecule is O=NN1CCCC1c1cncc(C(=O)O)c1. The molecule has 2 heterocycles. The number of rotatable bonds is 3. The van der Waals surface area contributed by atoms with Gasteiger partial charge in [-0.1, -0.05) is 0 Å². The van der Waals surface area contributed by atoms with E-state index in [9.17, 15) is 9.70 Å². The van der Waals surface area contributed by atoms with Crippen LogP contribution in [0.4, 0.5) is 0 Å². The van der Waals surface area contributed by atoms with Gasteiger partial charge in [-0.05, 0) is 24.5 Å². The van der Waals surface area contributed by atoms with E-state index < -0.39 is 5.97 Å². The first-order valence-electron chi connectivity index (χ1n) is 5.00. The summed E-state index contributed by atoms with van der Waals surface area (Å²) in [5.41, 5.74) is 0.868. The van der Waals surface area contributed by atoms with Gasteiger partial charge >= 0.3 is 5.97 Å². The fourth-order valence-electron chi connectivity index (χ4n) is 1.94. The van der Waals surface area contributed by atoms with E-state index in [4.69, 9.17) is 5.11 Å². The van der Waals surface area contributed by atoms with Crippen LogP contribution in [0.5, 0.6) is 0 Å². The maximum absolute atomic E-state index is 10.8. The Labute approximate surface area is 91.9 Å². The van der Waals surface area contributed by atoms with Gasteiger partial charge in [-0.25, -0.2) is 4.79 Å². The Morgan fingerprint density at radius 2 is 2.38 bits per heavy atom. The molecule has 1 unspecified atom stereocenters. The van der Waals surface area contributed by atoms with Gasteiger partial charge < -0.3 is 5.11 Å². The molecular weight excluding hydrogens is 210 g/mol. The molecule has 1 atom stereocenters. The third-order valence-electron chi connectivity index (χ3n) is 2.72. The molecule has 6 nitrogen and oxygen atoms in total. The van der Waals surface area contributed by atoms with E-state index in [2.05, 4.69) is 10.3 Å². The molecule has 16 heavy (non-hydrogen) atoms. The van der Waals surface area contributed by atoms with Crippen molar-refractivity contribution >= 4 is 5.97 Å². The lowest BCUT2D eigenvalue weighted by molar-refractivity contribution is 0.0696. The summed E-state index contributed by atoms with van der Waals surface area (Å²) >= 11 is 0. The molecule has 0 spiro atoms. The fourth-order valence-corrected chi connectivity index (χ4v) is 1.94. The van der Waals surface area contributed by atoms with Crippen LogP contribution in [0, 0.1) is 4.91 Å². The second kappa shape index (κ2) is 4.26. The van der Waals surface area contributed by atoms with Gasteiger partial charge in [-0.2, -0.15) is 0 Å². The molecule has 0 aromatic carbocycles. The average molecular weight is 221 g/mol. The van der Waals surface area contributed by atoms with Crippen LogP contribution in [0.2, 0.25) is 0 Å². The minimum absolute atomic E-state index is 0.134. The molecule has 0 amide bonds. The van der Waals surface area contributed by atoms with E-state index >= 15 is 0 Å². The largest absolute Gasteiger partial charge is 0.478 e. The number of nitrogens with zero attached hydrogens (tertiary/aromatic N) is 3. The van der Waals surface area contributed by atoms with Crippen LogP contribution >= 0.6 is 0 Å². The zero-order valence-electron chi connectivity index (χ0n) is 8.54. The maximum atomic E-state index is 10.8. The zero-order chi connectivity index (χ0) is 11.5. The highest BCUT2D eigenvalue weighted by Gasteiger charge is 2.26. The highest BCUT2D eigenvalue weighted by Crippen LogP contribution is 2.31. The molecule has 2 rings (SSSR count). The maximum Gasteiger partial charge on any atom is 0.337 e. The monoisotopic (exact) mass is 221 g/mol. The van der Waals surface area contributed by atoms with E-state index in [-0.39, 0.29) is 11.6 Å². The molecule has 0 aliphatic carbocycles. The third kappa shape index (κ3) is 1.86. The standard InChI is InChI=1S/C10H11N3O3/c14-10(15)8-4-7(5-11-6-8)9-2-1-3-13(9)12-16/h4-6,9H,1-3H2,(H,14,15). The Morgan fingerprint density at radius 1 is 1.56 bits per heavy atom. The number of hydrogen-bond acceptors (Lipinski definition) is 4. The Kier molecular flexibility index (Phi) is 2.80. The quantitative estimate of drug-likeness (QED) is 0.784. The summed E-state index contributed by atoms with van der Waals surface area (Å²) in [5.74, 6) is -1.02. The molecule has 1 aromatic heterocycles.